The highest BCUT2D eigenvalue weighted by Crippen LogP contribution is 2.38. The summed E-state index contributed by atoms with van der Waals surface area (Å²) in [5.74, 6) is -0.245. The van der Waals surface area contributed by atoms with E-state index in [1.807, 2.05) is 30.0 Å². The topological polar surface area (TPSA) is 63.6 Å². The molecule has 0 spiro atoms. The van der Waals surface area contributed by atoms with Crippen molar-refractivity contribution in [2.75, 3.05) is 6.61 Å². The number of hydrogen-bond donors (Lipinski definition) is 1. The van der Waals surface area contributed by atoms with E-state index in [0.717, 1.165) is 60.2 Å². The number of aromatic nitrogens is 1. The molecule has 6 heteroatoms. The molecule has 1 fully saturated rings. The Kier molecular flexibility index (Phi) is 6.86. The first kappa shape index (κ1) is 24.2. The van der Waals surface area contributed by atoms with Crippen LogP contribution in [0.2, 0.25) is 0 Å². The van der Waals surface area contributed by atoms with Crippen molar-refractivity contribution in [3.05, 3.63) is 89.2 Å². The third kappa shape index (κ3) is 4.77. The number of hydrogen-bond acceptors (Lipinski definition) is 3. The van der Waals surface area contributed by atoms with Gasteiger partial charge in [0.1, 0.15) is 0 Å². The maximum absolute atomic E-state index is 14.2. The zero-order valence-corrected chi connectivity index (χ0v) is 21.2. The van der Waals surface area contributed by atoms with Crippen LogP contribution in [0.25, 0.3) is 5.69 Å². The Labute approximate surface area is 213 Å². The molecule has 2 amide bonds. The monoisotopic (exact) mass is 485 g/mol. The van der Waals surface area contributed by atoms with E-state index in [4.69, 9.17) is 4.74 Å². The Morgan fingerprint density at radius 2 is 1.83 bits per heavy atom. The van der Waals surface area contributed by atoms with E-state index < -0.39 is 5.54 Å². The minimum absolute atomic E-state index is 0.142. The van der Waals surface area contributed by atoms with Crippen LogP contribution in [0.15, 0.2) is 66.9 Å². The number of urea groups is 1. The van der Waals surface area contributed by atoms with Gasteiger partial charge in [0.15, 0.2) is 0 Å². The van der Waals surface area contributed by atoms with Gasteiger partial charge in [-0.1, -0.05) is 67.3 Å². The molecular formula is C30H35N3O3. The van der Waals surface area contributed by atoms with Crippen LogP contribution in [-0.4, -0.2) is 33.6 Å². The Morgan fingerprint density at radius 1 is 1.03 bits per heavy atom. The SMILES string of the molecule is CCOC(=O)CC1(NC(=O)N2Cc3ccccc3-n3cccc3[C@@H]2c2cccc(C)c2)CCCCC1. The summed E-state index contributed by atoms with van der Waals surface area (Å²) in [6, 6.07) is 20.4. The van der Waals surface area contributed by atoms with Gasteiger partial charge < -0.3 is 19.5 Å². The predicted molar refractivity (Wildman–Crippen MR) is 140 cm³/mol. The minimum atomic E-state index is -0.577. The number of ether oxygens (including phenoxy) is 1. The van der Waals surface area contributed by atoms with Crippen molar-refractivity contribution in [1.82, 2.24) is 14.8 Å². The number of aryl methyl sites for hydroxylation is 1. The summed E-state index contributed by atoms with van der Waals surface area (Å²) in [5.41, 5.74) is 4.86. The molecule has 3 aromatic rings. The summed E-state index contributed by atoms with van der Waals surface area (Å²) in [6.45, 7) is 4.71. The van der Waals surface area contributed by atoms with Crippen LogP contribution in [0.1, 0.15) is 73.9 Å². The van der Waals surface area contributed by atoms with Gasteiger partial charge in [-0.05, 0) is 56.0 Å². The number of fused-ring (bicyclic) bond motifs is 3. The lowest BCUT2D eigenvalue weighted by molar-refractivity contribution is -0.145. The van der Waals surface area contributed by atoms with Gasteiger partial charge in [0, 0.05) is 11.9 Å². The summed E-state index contributed by atoms with van der Waals surface area (Å²) in [6.07, 6.45) is 6.96. The number of para-hydroxylation sites is 1. The first-order chi connectivity index (χ1) is 17.5. The molecule has 1 aliphatic heterocycles. The molecule has 5 rings (SSSR count). The first-order valence-corrected chi connectivity index (χ1v) is 13.1. The van der Waals surface area contributed by atoms with Gasteiger partial charge in [-0.15, -0.1) is 0 Å². The normalized spacial score (nSPS) is 18.5. The Bertz CT molecular complexity index is 1240. The van der Waals surface area contributed by atoms with Crippen LogP contribution < -0.4 is 5.32 Å². The standard InChI is InChI=1S/C30H35N3O3/c1-3-36-27(34)20-30(16-7-4-8-17-30)31-29(35)33-21-24-12-5-6-14-25(24)32-18-10-15-26(32)28(33)23-13-9-11-22(2)19-23/h5-6,9-15,18-19,28H,3-4,7-8,16-17,20-21H2,1-2H3,(H,31,35)/t28-/m0/s1. The molecule has 188 valence electrons. The fourth-order valence-corrected chi connectivity index (χ4v) is 5.89. The molecule has 1 saturated carbocycles. The van der Waals surface area contributed by atoms with E-state index in [1.54, 1.807) is 0 Å². The van der Waals surface area contributed by atoms with Gasteiger partial charge in [-0.3, -0.25) is 4.79 Å². The number of carbonyl (C=O) groups excluding carboxylic acids is 2. The minimum Gasteiger partial charge on any atom is -0.466 e. The maximum Gasteiger partial charge on any atom is 0.318 e. The number of nitrogens with zero attached hydrogens (tertiary/aromatic N) is 2. The largest absolute Gasteiger partial charge is 0.466 e. The highest BCUT2D eigenvalue weighted by molar-refractivity contribution is 5.79. The average molecular weight is 486 g/mol. The third-order valence-electron chi connectivity index (χ3n) is 7.55. The van der Waals surface area contributed by atoms with Crippen LogP contribution in [0, 0.1) is 6.92 Å². The number of benzene rings is 2. The number of carbonyl (C=O) groups is 2. The zero-order chi connectivity index (χ0) is 25.1. The molecule has 1 N–H and O–H groups in total. The molecule has 0 unspecified atom stereocenters. The second kappa shape index (κ2) is 10.2. The fraction of sp³-hybridized carbons (Fsp3) is 0.400. The molecule has 1 aromatic heterocycles. The van der Waals surface area contributed by atoms with Crippen LogP contribution in [0.3, 0.4) is 0 Å². The Morgan fingerprint density at radius 3 is 2.61 bits per heavy atom. The summed E-state index contributed by atoms with van der Waals surface area (Å²) < 4.78 is 7.49. The van der Waals surface area contributed by atoms with Crippen molar-refractivity contribution < 1.29 is 14.3 Å². The molecule has 2 heterocycles. The van der Waals surface area contributed by atoms with Crippen LogP contribution in [-0.2, 0) is 16.1 Å². The van der Waals surface area contributed by atoms with Gasteiger partial charge in [0.2, 0.25) is 0 Å². The van der Waals surface area contributed by atoms with E-state index in [2.05, 4.69) is 65.5 Å². The lowest BCUT2D eigenvalue weighted by Gasteiger charge is -2.40. The average Bonchev–Trinajstić information content (AvgIpc) is 3.28. The second-order valence-corrected chi connectivity index (χ2v) is 10.1. The van der Waals surface area contributed by atoms with Gasteiger partial charge in [0.25, 0.3) is 0 Å². The molecule has 2 aromatic carbocycles. The van der Waals surface area contributed by atoms with Gasteiger partial charge in [0.05, 0.1) is 36.8 Å². The molecule has 6 nitrogen and oxygen atoms in total. The summed E-state index contributed by atoms with van der Waals surface area (Å²) in [4.78, 5) is 28.7. The number of rotatable bonds is 5. The molecule has 2 aliphatic rings. The van der Waals surface area contributed by atoms with Gasteiger partial charge in [-0.25, -0.2) is 4.79 Å². The van der Waals surface area contributed by atoms with Crippen molar-refractivity contribution in [1.29, 1.82) is 0 Å². The highest BCUT2D eigenvalue weighted by Gasteiger charge is 2.40. The molecule has 1 atom stereocenters. The number of nitrogens with one attached hydrogen (secondary N) is 1. The Hall–Kier alpha value is -3.54. The summed E-state index contributed by atoms with van der Waals surface area (Å²) in [7, 11) is 0. The quantitative estimate of drug-likeness (QED) is 0.447. The van der Waals surface area contributed by atoms with Crippen molar-refractivity contribution in [2.45, 2.75) is 70.5 Å². The Balaban J connectivity index is 1.56. The predicted octanol–water partition coefficient (Wildman–Crippen LogP) is 6.06. The summed E-state index contributed by atoms with van der Waals surface area (Å²) >= 11 is 0. The van der Waals surface area contributed by atoms with E-state index in [9.17, 15) is 9.59 Å². The number of amides is 2. The number of esters is 1. The van der Waals surface area contributed by atoms with E-state index in [-0.39, 0.29) is 24.5 Å². The molecule has 36 heavy (non-hydrogen) atoms. The van der Waals surface area contributed by atoms with Crippen LogP contribution in [0.4, 0.5) is 4.79 Å². The molecule has 0 saturated heterocycles. The smallest absolute Gasteiger partial charge is 0.318 e. The van der Waals surface area contributed by atoms with E-state index >= 15 is 0 Å². The fourth-order valence-electron chi connectivity index (χ4n) is 5.89. The lowest BCUT2D eigenvalue weighted by atomic mass is 9.79. The lowest BCUT2D eigenvalue weighted by Crippen LogP contribution is -2.55. The van der Waals surface area contributed by atoms with Crippen LogP contribution in [0.5, 0.6) is 0 Å². The molecule has 0 bridgehead atoms. The molecule has 0 radical (unpaired) electrons. The summed E-state index contributed by atoms with van der Waals surface area (Å²) in [5, 5.41) is 3.36. The second-order valence-electron chi connectivity index (χ2n) is 10.1. The van der Waals surface area contributed by atoms with Crippen molar-refractivity contribution in [3.8, 4) is 5.69 Å². The molecular weight excluding hydrogens is 450 g/mol. The van der Waals surface area contributed by atoms with E-state index in [1.165, 1.54) is 0 Å². The van der Waals surface area contributed by atoms with Crippen LogP contribution >= 0.6 is 0 Å². The van der Waals surface area contributed by atoms with Crippen molar-refractivity contribution in [2.24, 2.45) is 0 Å². The maximum atomic E-state index is 14.2. The van der Waals surface area contributed by atoms with Gasteiger partial charge >= 0.3 is 12.0 Å². The van der Waals surface area contributed by atoms with E-state index in [0.29, 0.717) is 13.2 Å². The van der Waals surface area contributed by atoms with Gasteiger partial charge in [-0.2, -0.15) is 0 Å². The van der Waals surface area contributed by atoms with Crippen molar-refractivity contribution >= 4 is 12.0 Å². The third-order valence-corrected chi connectivity index (χ3v) is 7.55. The highest BCUT2D eigenvalue weighted by atomic mass is 16.5. The zero-order valence-electron chi connectivity index (χ0n) is 21.2. The first-order valence-electron chi connectivity index (χ1n) is 13.1. The van der Waals surface area contributed by atoms with Crippen molar-refractivity contribution in [3.63, 3.8) is 0 Å². The molecule has 1 aliphatic carbocycles.